The Balaban J connectivity index is 2.45. The van der Waals surface area contributed by atoms with Gasteiger partial charge in [0.2, 0.25) is 0 Å². The molecule has 15 heavy (non-hydrogen) atoms. The number of carbonyl (C=O) groups excluding carboxylic acids is 1. The average molecular weight is 209 g/mol. The summed E-state index contributed by atoms with van der Waals surface area (Å²) < 4.78 is 18.3. The number of fused-ring (bicyclic) bond motifs is 1. The van der Waals surface area contributed by atoms with Gasteiger partial charge in [0, 0.05) is 12.2 Å². The molecule has 0 unspecified atom stereocenters. The Hall–Kier alpha value is -1.58. The maximum Gasteiger partial charge on any atom is 0.341 e. The molecule has 1 heterocycles. The van der Waals surface area contributed by atoms with Crippen LogP contribution in [-0.2, 0) is 11.2 Å². The lowest BCUT2D eigenvalue weighted by Gasteiger charge is -2.08. The normalized spacial score (nSPS) is 13.2. The molecule has 1 N–H and O–H groups in total. The Labute approximate surface area is 87.2 Å². The highest BCUT2D eigenvalue weighted by Crippen LogP contribution is 2.28. The summed E-state index contributed by atoms with van der Waals surface area (Å²) in [5.41, 5.74) is 1.65. The van der Waals surface area contributed by atoms with E-state index < -0.39 is 11.8 Å². The SMILES string of the molecule is CCOC(=O)c1c(F)ccc2c1CCN2. The van der Waals surface area contributed by atoms with Crippen LogP contribution in [0.15, 0.2) is 12.1 Å². The van der Waals surface area contributed by atoms with Crippen LogP contribution in [0.3, 0.4) is 0 Å². The van der Waals surface area contributed by atoms with Crippen molar-refractivity contribution in [2.24, 2.45) is 0 Å². The molecule has 2 rings (SSSR count). The first-order valence-corrected chi connectivity index (χ1v) is 4.96. The average Bonchev–Trinajstić information content (AvgIpc) is 2.65. The predicted molar refractivity (Wildman–Crippen MR) is 54.6 cm³/mol. The van der Waals surface area contributed by atoms with Crippen molar-refractivity contribution in [3.05, 3.63) is 29.1 Å². The van der Waals surface area contributed by atoms with Crippen LogP contribution in [0, 0.1) is 5.82 Å². The summed E-state index contributed by atoms with van der Waals surface area (Å²) >= 11 is 0. The van der Waals surface area contributed by atoms with Crippen molar-refractivity contribution in [1.29, 1.82) is 0 Å². The van der Waals surface area contributed by atoms with Crippen LogP contribution in [0.4, 0.5) is 10.1 Å². The van der Waals surface area contributed by atoms with E-state index in [4.69, 9.17) is 4.74 Å². The number of hydrogen-bond donors (Lipinski definition) is 1. The highest BCUT2D eigenvalue weighted by atomic mass is 19.1. The molecule has 4 heteroatoms. The minimum Gasteiger partial charge on any atom is -0.462 e. The van der Waals surface area contributed by atoms with Crippen molar-refractivity contribution < 1.29 is 13.9 Å². The molecule has 0 fully saturated rings. The minimum atomic E-state index is -0.574. The fourth-order valence-electron chi connectivity index (χ4n) is 1.79. The molecule has 1 aliphatic rings. The van der Waals surface area contributed by atoms with Gasteiger partial charge in [-0.3, -0.25) is 0 Å². The van der Waals surface area contributed by atoms with Crippen molar-refractivity contribution in [1.82, 2.24) is 0 Å². The number of esters is 1. The zero-order chi connectivity index (χ0) is 10.8. The zero-order valence-electron chi connectivity index (χ0n) is 8.47. The van der Waals surface area contributed by atoms with Crippen molar-refractivity contribution in [2.75, 3.05) is 18.5 Å². The van der Waals surface area contributed by atoms with E-state index in [9.17, 15) is 9.18 Å². The summed E-state index contributed by atoms with van der Waals surface area (Å²) in [7, 11) is 0. The van der Waals surface area contributed by atoms with Gasteiger partial charge < -0.3 is 10.1 Å². The molecule has 80 valence electrons. The van der Waals surface area contributed by atoms with E-state index in [1.54, 1.807) is 13.0 Å². The predicted octanol–water partition coefficient (Wildman–Crippen LogP) is 1.97. The molecule has 0 spiro atoms. The number of hydrogen-bond acceptors (Lipinski definition) is 3. The number of anilines is 1. The highest BCUT2D eigenvalue weighted by molar-refractivity contribution is 5.93. The van der Waals surface area contributed by atoms with Gasteiger partial charge in [-0.05, 0) is 31.0 Å². The van der Waals surface area contributed by atoms with Crippen LogP contribution >= 0.6 is 0 Å². The van der Waals surface area contributed by atoms with E-state index in [0.717, 1.165) is 17.8 Å². The van der Waals surface area contributed by atoms with E-state index in [0.29, 0.717) is 6.42 Å². The topological polar surface area (TPSA) is 38.3 Å². The van der Waals surface area contributed by atoms with Gasteiger partial charge in [-0.1, -0.05) is 0 Å². The molecule has 0 saturated heterocycles. The smallest absolute Gasteiger partial charge is 0.341 e. The third-order valence-corrected chi connectivity index (χ3v) is 2.43. The van der Waals surface area contributed by atoms with Gasteiger partial charge in [0.15, 0.2) is 0 Å². The quantitative estimate of drug-likeness (QED) is 0.757. The lowest BCUT2D eigenvalue weighted by atomic mass is 10.0. The van der Waals surface area contributed by atoms with Crippen molar-refractivity contribution in [3.8, 4) is 0 Å². The summed E-state index contributed by atoms with van der Waals surface area (Å²) in [5.74, 6) is -1.08. The van der Waals surface area contributed by atoms with E-state index >= 15 is 0 Å². The second-order valence-electron chi connectivity index (χ2n) is 3.35. The molecule has 0 atom stereocenters. The number of carbonyl (C=O) groups is 1. The number of benzene rings is 1. The van der Waals surface area contributed by atoms with Gasteiger partial charge in [-0.15, -0.1) is 0 Å². The highest BCUT2D eigenvalue weighted by Gasteiger charge is 2.23. The van der Waals surface area contributed by atoms with Crippen molar-refractivity contribution >= 4 is 11.7 Å². The number of halogens is 1. The van der Waals surface area contributed by atoms with Gasteiger partial charge in [0.1, 0.15) is 11.4 Å². The number of nitrogens with one attached hydrogen (secondary N) is 1. The fourth-order valence-corrected chi connectivity index (χ4v) is 1.79. The lowest BCUT2D eigenvalue weighted by Crippen LogP contribution is -2.10. The monoisotopic (exact) mass is 209 g/mol. The van der Waals surface area contributed by atoms with Gasteiger partial charge >= 0.3 is 5.97 Å². The standard InChI is InChI=1S/C11H12FNO2/c1-2-15-11(14)10-7-5-6-13-9(7)4-3-8(10)12/h3-4,13H,2,5-6H2,1H3. The Bertz CT molecular complexity index is 404. The second kappa shape index (κ2) is 3.88. The summed E-state index contributed by atoms with van der Waals surface area (Å²) in [5, 5.41) is 3.09. The lowest BCUT2D eigenvalue weighted by molar-refractivity contribution is 0.0520. The van der Waals surface area contributed by atoms with Crippen LogP contribution in [0.1, 0.15) is 22.8 Å². The molecule has 0 radical (unpaired) electrons. The Kier molecular flexibility index (Phi) is 2.58. The number of ether oxygens (including phenoxy) is 1. The summed E-state index contributed by atoms with van der Waals surface area (Å²) in [4.78, 5) is 11.5. The van der Waals surface area contributed by atoms with Crippen LogP contribution in [0.25, 0.3) is 0 Å². The minimum absolute atomic E-state index is 0.0827. The Morgan fingerprint density at radius 1 is 1.60 bits per heavy atom. The molecule has 3 nitrogen and oxygen atoms in total. The van der Waals surface area contributed by atoms with Gasteiger partial charge in [0.25, 0.3) is 0 Å². The Morgan fingerprint density at radius 2 is 2.40 bits per heavy atom. The van der Waals surface area contributed by atoms with Gasteiger partial charge in [-0.2, -0.15) is 0 Å². The van der Waals surface area contributed by atoms with Crippen molar-refractivity contribution in [2.45, 2.75) is 13.3 Å². The maximum absolute atomic E-state index is 13.5. The molecular weight excluding hydrogens is 197 g/mol. The van der Waals surface area contributed by atoms with E-state index in [1.165, 1.54) is 6.07 Å². The summed E-state index contributed by atoms with van der Waals surface area (Å²) in [6.45, 7) is 2.71. The van der Waals surface area contributed by atoms with E-state index in [1.807, 2.05) is 0 Å². The molecule has 0 aromatic heterocycles. The fraction of sp³-hybridized carbons (Fsp3) is 0.364. The van der Waals surface area contributed by atoms with E-state index in [-0.39, 0.29) is 12.2 Å². The maximum atomic E-state index is 13.5. The van der Waals surface area contributed by atoms with Crippen LogP contribution in [0.2, 0.25) is 0 Å². The number of rotatable bonds is 2. The third-order valence-electron chi connectivity index (χ3n) is 2.43. The molecular formula is C11H12FNO2. The first kappa shape index (κ1) is 9.96. The molecule has 1 aromatic carbocycles. The van der Waals surface area contributed by atoms with Crippen LogP contribution in [-0.4, -0.2) is 19.1 Å². The molecule has 0 saturated carbocycles. The van der Waals surface area contributed by atoms with Crippen molar-refractivity contribution in [3.63, 3.8) is 0 Å². The summed E-state index contributed by atoms with van der Waals surface area (Å²) in [6.07, 6.45) is 0.668. The van der Waals surface area contributed by atoms with Crippen LogP contribution < -0.4 is 5.32 Å². The van der Waals surface area contributed by atoms with Gasteiger partial charge in [0.05, 0.1) is 6.61 Å². The van der Waals surface area contributed by atoms with Crippen LogP contribution in [0.5, 0.6) is 0 Å². The second-order valence-corrected chi connectivity index (χ2v) is 3.35. The van der Waals surface area contributed by atoms with Gasteiger partial charge in [-0.25, -0.2) is 9.18 Å². The molecule has 0 bridgehead atoms. The largest absolute Gasteiger partial charge is 0.462 e. The van der Waals surface area contributed by atoms with E-state index in [2.05, 4.69) is 5.32 Å². The first-order chi connectivity index (χ1) is 7.24. The molecule has 1 aromatic rings. The third kappa shape index (κ3) is 1.67. The molecule has 0 aliphatic carbocycles. The summed E-state index contributed by atoms with van der Waals surface area (Å²) in [6, 6.07) is 2.95. The molecule has 1 aliphatic heterocycles. The first-order valence-electron chi connectivity index (χ1n) is 4.96. The zero-order valence-corrected chi connectivity index (χ0v) is 8.47. The molecule has 0 amide bonds. The Morgan fingerprint density at radius 3 is 3.13 bits per heavy atom.